The number of ether oxygens (including phenoxy) is 1. The van der Waals surface area contributed by atoms with Crippen molar-refractivity contribution in [3.8, 4) is 0 Å². The molecule has 3 nitrogen and oxygen atoms in total. The maximum Gasteiger partial charge on any atom is 0.115 e. The molecule has 30 heavy (non-hydrogen) atoms. The summed E-state index contributed by atoms with van der Waals surface area (Å²) < 4.78 is 5.12. The molecule has 0 heterocycles. The molecule has 0 aromatic carbocycles. The summed E-state index contributed by atoms with van der Waals surface area (Å²) in [4.78, 5) is 0. The Morgan fingerprint density at radius 3 is 1.53 bits per heavy atom. The van der Waals surface area contributed by atoms with Crippen molar-refractivity contribution in [2.75, 3.05) is 13.2 Å². The molecule has 1 atom stereocenters. The molecule has 0 radical (unpaired) electrons. The third-order valence-electron chi connectivity index (χ3n) is 5.57. The van der Waals surface area contributed by atoms with E-state index in [2.05, 4.69) is 19.1 Å². The lowest BCUT2D eigenvalue weighted by Gasteiger charge is -2.05. The van der Waals surface area contributed by atoms with E-state index in [0.717, 1.165) is 19.3 Å². The fraction of sp³-hybridized carbons (Fsp3) is 0.852. The molecule has 0 saturated heterocycles. The Kier molecular flexibility index (Phi) is 25.5. The SMILES string of the molecule is CCCCCCCCCCCCCCCCCC=CCCCC=COCC(O)CO. The fourth-order valence-electron chi connectivity index (χ4n) is 3.58. The van der Waals surface area contributed by atoms with Crippen LogP contribution in [0, 0.1) is 0 Å². The molecule has 178 valence electrons. The number of rotatable bonds is 24. The van der Waals surface area contributed by atoms with E-state index in [-0.39, 0.29) is 13.2 Å². The van der Waals surface area contributed by atoms with E-state index in [4.69, 9.17) is 14.9 Å². The molecule has 0 rings (SSSR count). The highest BCUT2D eigenvalue weighted by atomic mass is 16.5. The van der Waals surface area contributed by atoms with E-state index < -0.39 is 6.10 Å². The van der Waals surface area contributed by atoms with Gasteiger partial charge in [-0.05, 0) is 38.2 Å². The van der Waals surface area contributed by atoms with Crippen molar-refractivity contribution in [2.24, 2.45) is 0 Å². The van der Waals surface area contributed by atoms with E-state index >= 15 is 0 Å². The number of hydrogen-bond acceptors (Lipinski definition) is 3. The lowest BCUT2D eigenvalue weighted by molar-refractivity contribution is 0.0383. The Labute approximate surface area is 188 Å². The number of unbranched alkanes of at least 4 members (excludes halogenated alkanes) is 17. The normalized spacial score (nSPS) is 12.9. The number of hydrogen-bond donors (Lipinski definition) is 2. The largest absolute Gasteiger partial charge is 0.499 e. The van der Waals surface area contributed by atoms with Crippen molar-refractivity contribution in [1.29, 1.82) is 0 Å². The van der Waals surface area contributed by atoms with Gasteiger partial charge in [0, 0.05) is 0 Å². The van der Waals surface area contributed by atoms with Gasteiger partial charge < -0.3 is 14.9 Å². The van der Waals surface area contributed by atoms with Crippen molar-refractivity contribution in [3.63, 3.8) is 0 Å². The van der Waals surface area contributed by atoms with Crippen molar-refractivity contribution in [2.45, 2.75) is 135 Å². The summed E-state index contributed by atoms with van der Waals surface area (Å²) in [7, 11) is 0. The highest BCUT2D eigenvalue weighted by Crippen LogP contribution is 2.13. The molecule has 0 aromatic heterocycles. The molecule has 0 spiro atoms. The molecule has 0 bridgehead atoms. The number of allylic oxidation sites excluding steroid dienone is 3. The molecule has 0 saturated carbocycles. The van der Waals surface area contributed by atoms with Crippen LogP contribution in [0.25, 0.3) is 0 Å². The van der Waals surface area contributed by atoms with Crippen LogP contribution in [0.1, 0.15) is 129 Å². The third kappa shape index (κ3) is 25.2. The molecule has 0 aliphatic rings. The Morgan fingerprint density at radius 2 is 1.03 bits per heavy atom. The minimum Gasteiger partial charge on any atom is -0.499 e. The van der Waals surface area contributed by atoms with Gasteiger partial charge in [-0.2, -0.15) is 0 Å². The number of aliphatic hydroxyl groups is 2. The molecular weight excluding hydrogens is 372 g/mol. The topological polar surface area (TPSA) is 49.7 Å². The van der Waals surface area contributed by atoms with Gasteiger partial charge in [-0.3, -0.25) is 0 Å². The predicted molar refractivity (Wildman–Crippen MR) is 131 cm³/mol. The zero-order chi connectivity index (χ0) is 22.0. The molecule has 1 unspecified atom stereocenters. The zero-order valence-corrected chi connectivity index (χ0v) is 20.0. The van der Waals surface area contributed by atoms with Crippen molar-refractivity contribution in [3.05, 3.63) is 24.5 Å². The van der Waals surface area contributed by atoms with Gasteiger partial charge in [0.05, 0.1) is 12.9 Å². The molecule has 0 aliphatic heterocycles. The Hall–Kier alpha value is -0.800. The highest BCUT2D eigenvalue weighted by Gasteiger charge is 1.98. The second-order valence-electron chi connectivity index (χ2n) is 8.68. The van der Waals surface area contributed by atoms with Crippen LogP contribution in [0.3, 0.4) is 0 Å². The van der Waals surface area contributed by atoms with Gasteiger partial charge in [0.2, 0.25) is 0 Å². The Morgan fingerprint density at radius 1 is 0.600 bits per heavy atom. The van der Waals surface area contributed by atoms with Gasteiger partial charge in [0.15, 0.2) is 0 Å². The van der Waals surface area contributed by atoms with E-state index in [9.17, 15) is 0 Å². The minimum atomic E-state index is -0.780. The Balaban J connectivity index is 3.14. The molecule has 3 heteroatoms. The van der Waals surface area contributed by atoms with Crippen LogP contribution in [0.4, 0.5) is 0 Å². The molecule has 0 aromatic rings. The average Bonchev–Trinajstić information content (AvgIpc) is 2.76. The highest BCUT2D eigenvalue weighted by molar-refractivity contribution is 4.83. The summed E-state index contributed by atoms with van der Waals surface area (Å²) in [6, 6.07) is 0. The van der Waals surface area contributed by atoms with Gasteiger partial charge in [-0.1, -0.05) is 109 Å². The molecule has 0 aliphatic carbocycles. The van der Waals surface area contributed by atoms with Crippen LogP contribution in [0.15, 0.2) is 24.5 Å². The lowest BCUT2D eigenvalue weighted by atomic mass is 10.0. The lowest BCUT2D eigenvalue weighted by Crippen LogP contribution is -2.17. The maximum atomic E-state index is 9.12. The first-order valence-electron chi connectivity index (χ1n) is 13.0. The summed E-state index contributed by atoms with van der Waals surface area (Å²) in [6.07, 6.45) is 33.2. The van der Waals surface area contributed by atoms with Crippen LogP contribution in [0.5, 0.6) is 0 Å². The first kappa shape index (κ1) is 29.2. The third-order valence-corrected chi connectivity index (χ3v) is 5.57. The fourth-order valence-corrected chi connectivity index (χ4v) is 3.58. The smallest absolute Gasteiger partial charge is 0.115 e. The van der Waals surface area contributed by atoms with Crippen LogP contribution >= 0.6 is 0 Å². The molecule has 0 amide bonds. The van der Waals surface area contributed by atoms with Crippen LogP contribution in [-0.2, 0) is 4.74 Å². The Bertz CT molecular complexity index is 365. The first-order valence-corrected chi connectivity index (χ1v) is 13.0. The van der Waals surface area contributed by atoms with Gasteiger partial charge in [0.1, 0.15) is 12.7 Å². The van der Waals surface area contributed by atoms with Crippen molar-refractivity contribution < 1.29 is 14.9 Å². The predicted octanol–water partition coefficient (Wildman–Crippen LogP) is 7.86. The summed E-state index contributed by atoms with van der Waals surface area (Å²) in [5, 5.41) is 17.8. The van der Waals surface area contributed by atoms with E-state index in [1.165, 1.54) is 103 Å². The van der Waals surface area contributed by atoms with Crippen LogP contribution in [-0.4, -0.2) is 29.5 Å². The van der Waals surface area contributed by atoms with Gasteiger partial charge >= 0.3 is 0 Å². The second-order valence-corrected chi connectivity index (χ2v) is 8.68. The summed E-state index contributed by atoms with van der Waals surface area (Å²) in [6.45, 7) is 2.19. The summed E-state index contributed by atoms with van der Waals surface area (Å²) in [5.41, 5.74) is 0. The van der Waals surface area contributed by atoms with E-state index in [0.29, 0.717) is 0 Å². The summed E-state index contributed by atoms with van der Waals surface area (Å²) in [5.74, 6) is 0. The second kappa shape index (κ2) is 26.2. The van der Waals surface area contributed by atoms with Crippen LogP contribution < -0.4 is 0 Å². The van der Waals surface area contributed by atoms with Crippen LogP contribution in [0.2, 0.25) is 0 Å². The molecular formula is C27H52O3. The van der Waals surface area contributed by atoms with Gasteiger partial charge in [-0.25, -0.2) is 0 Å². The monoisotopic (exact) mass is 424 g/mol. The van der Waals surface area contributed by atoms with E-state index in [1.807, 2.05) is 6.08 Å². The molecule has 0 fully saturated rings. The first-order chi connectivity index (χ1) is 14.8. The number of aliphatic hydroxyl groups excluding tert-OH is 2. The average molecular weight is 425 g/mol. The van der Waals surface area contributed by atoms with Crippen molar-refractivity contribution >= 4 is 0 Å². The molecule has 2 N–H and O–H groups in total. The quantitative estimate of drug-likeness (QED) is 0.0941. The maximum absolute atomic E-state index is 9.12. The minimum absolute atomic E-state index is 0.159. The van der Waals surface area contributed by atoms with Crippen molar-refractivity contribution in [1.82, 2.24) is 0 Å². The van der Waals surface area contributed by atoms with E-state index in [1.54, 1.807) is 6.26 Å². The van der Waals surface area contributed by atoms with Gasteiger partial charge in [0.25, 0.3) is 0 Å². The summed E-state index contributed by atoms with van der Waals surface area (Å²) >= 11 is 0. The standard InChI is InChI=1S/C27H52O3/c1-2-3-4-5-6-7-8-9-10-11-12-13-14-15-16-17-18-19-20-21-22-23-24-30-26-27(29)25-28/h18-19,23-24,27-29H,2-17,20-22,25-26H2,1H3. The van der Waals surface area contributed by atoms with Gasteiger partial charge in [-0.15, -0.1) is 0 Å². The zero-order valence-electron chi connectivity index (χ0n) is 20.0.